The van der Waals surface area contributed by atoms with E-state index in [4.69, 9.17) is 5.11 Å². The summed E-state index contributed by atoms with van der Waals surface area (Å²) in [7, 11) is 0. The third-order valence-corrected chi connectivity index (χ3v) is 3.80. The zero-order chi connectivity index (χ0) is 16.2. The molecule has 0 bridgehead atoms. The van der Waals surface area contributed by atoms with Crippen molar-refractivity contribution < 1.29 is 19.5 Å². The quantitative estimate of drug-likeness (QED) is 0.770. The Balaban J connectivity index is 2.49. The van der Waals surface area contributed by atoms with Crippen molar-refractivity contribution in [3.63, 3.8) is 0 Å². The molecule has 1 heterocycles. The highest BCUT2D eigenvalue weighted by Gasteiger charge is 2.24. The molecule has 0 saturated heterocycles. The molecule has 1 aromatic heterocycles. The first kappa shape index (κ1) is 17.2. The lowest BCUT2D eigenvalue weighted by molar-refractivity contribution is -0.133. The van der Waals surface area contributed by atoms with Crippen molar-refractivity contribution in [1.82, 2.24) is 10.6 Å². The number of rotatable bonds is 5. The molecule has 2 amide bonds. The van der Waals surface area contributed by atoms with Crippen LogP contribution in [0.5, 0.6) is 0 Å². The van der Waals surface area contributed by atoms with Crippen molar-refractivity contribution in [3.05, 3.63) is 21.9 Å². The molecule has 0 aromatic carbocycles. The van der Waals surface area contributed by atoms with Crippen LogP contribution in [-0.2, 0) is 16.1 Å². The molecule has 1 unspecified atom stereocenters. The van der Waals surface area contributed by atoms with Gasteiger partial charge in [0.1, 0.15) is 10.9 Å². The van der Waals surface area contributed by atoms with Gasteiger partial charge in [-0.1, -0.05) is 20.8 Å². The summed E-state index contributed by atoms with van der Waals surface area (Å²) in [5.74, 6) is -1.49. The summed E-state index contributed by atoms with van der Waals surface area (Å²) in [6, 6.07) is 2.52. The third-order valence-electron chi connectivity index (χ3n) is 2.73. The standard InChI is InChI=1S/C14H20N2O4S/c1-8(16-13(20)14(2,3)4)11(17)15-7-9-5-6-10(21-9)12(18)19/h5-6,8H,7H2,1-4H3,(H,15,17)(H,16,20)(H,18,19). The van der Waals surface area contributed by atoms with Crippen LogP contribution >= 0.6 is 11.3 Å². The maximum absolute atomic E-state index is 11.9. The normalized spacial score (nSPS) is 12.6. The molecular formula is C14H20N2O4S. The molecular weight excluding hydrogens is 292 g/mol. The molecule has 116 valence electrons. The number of carbonyl (C=O) groups is 3. The fraction of sp³-hybridized carbons (Fsp3) is 0.500. The average molecular weight is 312 g/mol. The van der Waals surface area contributed by atoms with Crippen LogP contribution < -0.4 is 10.6 Å². The average Bonchev–Trinajstić information content (AvgIpc) is 2.83. The van der Waals surface area contributed by atoms with E-state index in [0.29, 0.717) is 0 Å². The van der Waals surface area contributed by atoms with E-state index in [1.54, 1.807) is 33.8 Å². The molecule has 1 atom stereocenters. The number of carboxylic acids is 1. The number of carbonyl (C=O) groups excluding carboxylic acids is 2. The number of hydrogen-bond donors (Lipinski definition) is 3. The summed E-state index contributed by atoms with van der Waals surface area (Å²) in [5.41, 5.74) is -0.557. The molecule has 3 N–H and O–H groups in total. The smallest absolute Gasteiger partial charge is 0.345 e. The number of carboxylic acid groups (broad SMARTS) is 1. The molecule has 0 saturated carbocycles. The van der Waals surface area contributed by atoms with Gasteiger partial charge < -0.3 is 15.7 Å². The van der Waals surface area contributed by atoms with Crippen LogP contribution in [-0.4, -0.2) is 28.9 Å². The Morgan fingerprint density at radius 1 is 1.29 bits per heavy atom. The first-order valence-corrected chi connectivity index (χ1v) is 7.33. The number of aromatic carboxylic acids is 1. The first-order chi connectivity index (χ1) is 9.61. The highest BCUT2D eigenvalue weighted by Crippen LogP contribution is 2.16. The fourth-order valence-electron chi connectivity index (χ4n) is 1.39. The Morgan fingerprint density at radius 3 is 2.38 bits per heavy atom. The van der Waals surface area contributed by atoms with Gasteiger partial charge in [0.2, 0.25) is 11.8 Å². The summed E-state index contributed by atoms with van der Waals surface area (Å²) < 4.78 is 0. The first-order valence-electron chi connectivity index (χ1n) is 6.52. The molecule has 0 radical (unpaired) electrons. The lowest BCUT2D eigenvalue weighted by Gasteiger charge is -2.21. The van der Waals surface area contributed by atoms with E-state index in [2.05, 4.69) is 10.6 Å². The predicted molar refractivity (Wildman–Crippen MR) is 80.2 cm³/mol. The van der Waals surface area contributed by atoms with Crippen molar-refractivity contribution >= 4 is 29.1 Å². The van der Waals surface area contributed by atoms with Gasteiger partial charge in [0.25, 0.3) is 0 Å². The molecule has 0 fully saturated rings. The summed E-state index contributed by atoms with van der Waals surface area (Å²) >= 11 is 1.11. The molecule has 1 rings (SSSR count). The minimum Gasteiger partial charge on any atom is -0.477 e. The summed E-state index contributed by atoms with van der Waals surface area (Å²) in [4.78, 5) is 35.4. The summed E-state index contributed by atoms with van der Waals surface area (Å²) in [6.45, 7) is 7.16. The largest absolute Gasteiger partial charge is 0.477 e. The van der Waals surface area contributed by atoms with E-state index >= 15 is 0 Å². The van der Waals surface area contributed by atoms with Crippen molar-refractivity contribution in [2.45, 2.75) is 40.3 Å². The van der Waals surface area contributed by atoms with E-state index in [1.807, 2.05) is 0 Å². The van der Waals surface area contributed by atoms with Gasteiger partial charge in [0.05, 0.1) is 6.54 Å². The third kappa shape index (κ3) is 5.18. The van der Waals surface area contributed by atoms with Crippen molar-refractivity contribution in [2.75, 3.05) is 0 Å². The van der Waals surface area contributed by atoms with Crippen LogP contribution in [0.25, 0.3) is 0 Å². The highest BCUT2D eigenvalue weighted by atomic mass is 32.1. The van der Waals surface area contributed by atoms with E-state index < -0.39 is 17.4 Å². The SMILES string of the molecule is CC(NC(=O)C(C)(C)C)C(=O)NCc1ccc(C(=O)O)s1. The minimum atomic E-state index is -0.983. The molecule has 7 heteroatoms. The molecule has 0 spiro atoms. The Hall–Kier alpha value is -1.89. The Morgan fingerprint density at radius 2 is 1.90 bits per heavy atom. The van der Waals surface area contributed by atoms with Crippen LogP contribution in [0.15, 0.2) is 12.1 Å². The van der Waals surface area contributed by atoms with Gasteiger partial charge in [0, 0.05) is 10.3 Å². The lowest BCUT2D eigenvalue weighted by atomic mass is 9.95. The zero-order valence-electron chi connectivity index (χ0n) is 12.5. The second-order valence-corrected chi connectivity index (χ2v) is 6.90. The monoisotopic (exact) mass is 312 g/mol. The maximum atomic E-state index is 11.9. The molecule has 0 aliphatic rings. The molecule has 6 nitrogen and oxygen atoms in total. The number of thiophene rings is 1. The van der Waals surface area contributed by atoms with Gasteiger partial charge in [0.15, 0.2) is 0 Å². The van der Waals surface area contributed by atoms with Crippen molar-refractivity contribution in [1.29, 1.82) is 0 Å². The van der Waals surface area contributed by atoms with Gasteiger partial charge in [-0.25, -0.2) is 4.79 Å². The minimum absolute atomic E-state index is 0.200. The molecule has 21 heavy (non-hydrogen) atoms. The Bertz CT molecular complexity index is 545. The molecule has 0 aliphatic carbocycles. The number of hydrogen-bond acceptors (Lipinski definition) is 4. The lowest BCUT2D eigenvalue weighted by Crippen LogP contribution is -2.48. The predicted octanol–water partition coefficient (Wildman–Crippen LogP) is 1.61. The van der Waals surface area contributed by atoms with Gasteiger partial charge in [-0.15, -0.1) is 11.3 Å². The second-order valence-electron chi connectivity index (χ2n) is 5.73. The van der Waals surface area contributed by atoms with Crippen molar-refractivity contribution in [2.24, 2.45) is 5.41 Å². The van der Waals surface area contributed by atoms with Gasteiger partial charge in [-0.3, -0.25) is 9.59 Å². The van der Waals surface area contributed by atoms with Crippen LogP contribution in [0.1, 0.15) is 42.2 Å². The van der Waals surface area contributed by atoms with E-state index in [-0.39, 0.29) is 23.2 Å². The van der Waals surface area contributed by atoms with Gasteiger partial charge >= 0.3 is 5.97 Å². The summed E-state index contributed by atoms with van der Waals surface area (Å²) in [5, 5.41) is 14.1. The Kier molecular flexibility index (Phi) is 5.48. The molecule has 1 aromatic rings. The number of amides is 2. The topological polar surface area (TPSA) is 95.5 Å². The van der Waals surface area contributed by atoms with E-state index in [1.165, 1.54) is 6.07 Å². The summed E-state index contributed by atoms with van der Waals surface area (Å²) in [6.07, 6.45) is 0. The maximum Gasteiger partial charge on any atom is 0.345 e. The zero-order valence-corrected chi connectivity index (χ0v) is 13.3. The fourth-order valence-corrected chi connectivity index (χ4v) is 2.18. The second kappa shape index (κ2) is 6.71. The highest BCUT2D eigenvalue weighted by molar-refractivity contribution is 7.13. The van der Waals surface area contributed by atoms with Gasteiger partial charge in [-0.2, -0.15) is 0 Å². The van der Waals surface area contributed by atoms with Crippen LogP contribution in [0, 0.1) is 5.41 Å². The van der Waals surface area contributed by atoms with E-state index in [9.17, 15) is 14.4 Å². The van der Waals surface area contributed by atoms with E-state index in [0.717, 1.165) is 16.2 Å². The van der Waals surface area contributed by atoms with Gasteiger partial charge in [-0.05, 0) is 19.1 Å². The van der Waals surface area contributed by atoms with Crippen LogP contribution in [0.3, 0.4) is 0 Å². The van der Waals surface area contributed by atoms with Crippen LogP contribution in [0.2, 0.25) is 0 Å². The van der Waals surface area contributed by atoms with Crippen molar-refractivity contribution in [3.8, 4) is 0 Å². The number of nitrogens with one attached hydrogen (secondary N) is 2. The van der Waals surface area contributed by atoms with Crippen LogP contribution in [0.4, 0.5) is 0 Å². The molecule has 0 aliphatic heterocycles. The Labute approximate surface area is 127 Å².